The van der Waals surface area contributed by atoms with Crippen molar-refractivity contribution in [3.8, 4) is 0 Å². The van der Waals surface area contributed by atoms with E-state index in [1.807, 2.05) is 7.05 Å². The third-order valence-electron chi connectivity index (χ3n) is 3.29. The zero-order valence-corrected chi connectivity index (χ0v) is 9.91. The lowest BCUT2D eigenvalue weighted by Gasteiger charge is -2.31. The molecule has 15 heavy (non-hydrogen) atoms. The smallest absolute Gasteiger partial charge is 0.0595 e. The Labute approximate surface area is 92.6 Å². The van der Waals surface area contributed by atoms with Gasteiger partial charge in [-0.05, 0) is 32.9 Å². The number of nitrogens with one attached hydrogen (secondary N) is 1. The molecule has 0 aromatic heterocycles. The van der Waals surface area contributed by atoms with Gasteiger partial charge in [0.2, 0.25) is 0 Å². The summed E-state index contributed by atoms with van der Waals surface area (Å²) in [5.74, 6) is 0. The van der Waals surface area contributed by atoms with Crippen LogP contribution in [0.25, 0.3) is 0 Å². The average molecular weight is 216 g/mol. The second-order valence-electron chi connectivity index (χ2n) is 4.23. The molecule has 4 heteroatoms. The van der Waals surface area contributed by atoms with Crippen molar-refractivity contribution >= 4 is 0 Å². The van der Waals surface area contributed by atoms with E-state index < -0.39 is 0 Å². The summed E-state index contributed by atoms with van der Waals surface area (Å²) in [7, 11) is 3.70. The molecular formula is C11H24N2O2. The van der Waals surface area contributed by atoms with Crippen LogP contribution in [0, 0.1) is 0 Å². The first-order valence-electron chi connectivity index (χ1n) is 5.83. The lowest BCUT2D eigenvalue weighted by atomic mass is 10.1. The van der Waals surface area contributed by atoms with Crippen LogP contribution >= 0.6 is 0 Å². The maximum absolute atomic E-state index is 9.03. The monoisotopic (exact) mass is 216 g/mol. The molecule has 0 aromatic carbocycles. The van der Waals surface area contributed by atoms with Gasteiger partial charge in [0.15, 0.2) is 0 Å². The van der Waals surface area contributed by atoms with Gasteiger partial charge in [0, 0.05) is 26.2 Å². The molecule has 4 nitrogen and oxygen atoms in total. The minimum Gasteiger partial charge on any atom is -0.395 e. The molecule has 0 aliphatic carbocycles. The number of nitrogens with zero attached hydrogens (tertiary/aromatic N) is 1. The number of aliphatic hydroxyl groups is 1. The molecule has 0 bridgehead atoms. The van der Waals surface area contributed by atoms with Crippen LogP contribution in [0.3, 0.4) is 0 Å². The molecule has 1 aliphatic heterocycles. The number of hydrogen-bond acceptors (Lipinski definition) is 4. The first-order chi connectivity index (χ1) is 7.30. The molecule has 1 aliphatic rings. The fourth-order valence-electron chi connectivity index (χ4n) is 2.03. The SMILES string of the molecule is CNC(CO)CCN1CCC(OC)CC1. The zero-order chi connectivity index (χ0) is 11.1. The van der Waals surface area contributed by atoms with Gasteiger partial charge in [-0.15, -0.1) is 0 Å². The van der Waals surface area contributed by atoms with E-state index in [-0.39, 0.29) is 12.6 Å². The van der Waals surface area contributed by atoms with Crippen molar-refractivity contribution in [3.05, 3.63) is 0 Å². The molecular weight excluding hydrogens is 192 g/mol. The minimum atomic E-state index is 0.227. The number of methoxy groups -OCH3 is 1. The Hall–Kier alpha value is -0.160. The van der Waals surface area contributed by atoms with Crippen molar-refractivity contribution in [3.63, 3.8) is 0 Å². The van der Waals surface area contributed by atoms with Crippen molar-refractivity contribution in [2.45, 2.75) is 31.4 Å². The van der Waals surface area contributed by atoms with Gasteiger partial charge in [0.25, 0.3) is 0 Å². The topological polar surface area (TPSA) is 44.7 Å². The van der Waals surface area contributed by atoms with Crippen molar-refractivity contribution in [1.29, 1.82) is 0 Å². The number of rotatable bonds is 6. The maximum Gasteiger partial charge on any atom is 0.0595 e. The molecule has 0 amide bonds. The van der Waals surface area contributed by atoms with E-state index in [9.17, 15) is 0 Å². The third-order valence-corrected chi connectivity index (χ3v) is 3.29. The zero-order valence-electron chi connectivity index (χ0n) is 9.91. The molecule has 1 atom stereocenters. The lowest BCUT2D eigenvalue weighted by molar-refractivity contribution is 0.0395. The molecule has 0 aromatic rings. The molecule has 1 heterocycles. The van der Waals surface area contributed by atoms with Crippen LogP contribution in [0.5, 0.6) is 0 Å². The second-order valence-corrected chi connectivity index (χ2v) is 4.23. The van der Waals surface area contributed by atoms with E-state index in [0.29, 0.717) is 6.10 Å². The van der Waals surface area contributed by atoms with Gasteiger partial charge in [0.05, 0.1) is 12.7 Å². The van der Waals surface area contributed by atoms with E-state index >= 15 is 0 Å². The summed E-state index contributed by atoms with van der Waals surface area (Å²) in [6.07, 6.45) is 3.75. The summed E-state index contributed by atoms with van der Waals surface area (Å²) < 4.78 is 5.33. The van der Waals surface area contributed by atoms with Crippen LogP contribution in [-0.2, 0) is 4.74 Å². The highest BCUT2D eigenvalue weighted by atomic mass is 16.5. The average Bonchev–Trinajstić information content (AvgIpc) is 2.31. The first kappa shape index (κ1) is 12.9. The number of aliphatic hydroxyl groups excluding tert-OH is 1. The van der Waals surface area contributed by atoms with Crippen LogP contribution in [0.2, 0.25) is 0 Å². The molecule has 1 saturated heterocycles. The van der Waals surface area contributed by atoms with E-state index in [4.69, 9.17) is 9.84 Å². The van der Waals surface area contributed by atoms with Gasteiger partial charge >= 0.3 is 0 Å². The normalized spacial score (nSPS) is 21.8. The number of hydrogen-bond donors (Lipinski definition) is 2. The molecule has 0 radical (unpaired) electrons. The summed E-state index contributed by atoms with van der Waals surface area (Å²) in [6, 6.07) is 0.241. The fourth-order valence-corrected chi connectivity index (χ4v) is 2.03. The molecule has 90 valence electrons. The van der Waals surface area contributed by atoms with Crippen LogP contribution in [0.4, 0.5) is 0 Å². The summed E-state index contributed by atoms with van der Waals surface area (Å²) in [4.78, 5) is 2.45. The standard InChI is InChI=1S/C11H24N2O2/c1-12-10(9-14)3-6-13-7-4-11(15-2)5-8-13/h10-12,14H,3-9H2,1-2H3. The van der Waals surface area contributed by atoms with E-state index in [2.05, 4.69) is 10.2 Å². The van der Waals surface area contributed by atoms with Gasteiger partial charge in [-0.25, -0.2) is 0 Å². The Balaban J connectivity index is 2.12. The highest BCUT2D eigenvalue weighted by Crippen LogP contribution is 2.13. The number of ether oxygens (including phenoxy) is 1. The van der Waals surface area contributed by atoms with Gasteiger partial charge in [-0.2, -0.15) is 0 Å². The van der Waals surface area contributed by atoms with Crippen LogP contribution in [0.1, 0.15) is 19.3 Å². The third kappa shape index (κ3) is 4.47. The number of likely N-dealkylation sites (N-methyl/N-ethyl adjacent to an activating group) is 1. The minimum absolute atomic E-state index is 0.227. The molecule has 0 saturated carbocycles. The Morgan fingerprint density at radius 3 is 2.60 bits per heavy atom. The summed E-state index contributed by atoms with van der Waals surface area (Å²) in [5.41, 5.74) is 0. The molecule has 1 fully saturated rings. The highest BCUT2D eigenvalue weighted by Gasteiger charge is 2.18. The van der Waals surface area contributed by atoms with Gasteiger partial charge in [-0.1, -0.05) is 0 Å². The largest absolute Gasteiger partial charge is 0.395 e. The first-order valence-corrected chi connectivity index (χ1v) is 5.83. The van der Waals surface area contributed by atoms with Crippen molar-refractivity contribution in [1.82, 2.24) is 10.2 Å². The van der Waals surface area contributed by atoms with Crippen molar-refractivity contribution < 1.29 is 9.84 Å². The number of piperidine rings is 1. The Bertz CT molecular complexity index is 155. The quantitative estimate of drug-likeness (QED) is 0.659. The van der Waals surface area contributed by atoms with Crippen LogP contribution < -0.4 is 5.32 Å². The van der Waals surface area contributed by atoms with Crippen molar-refractivity contribution in [2.75, 3.05) is 40.4 Å². The fraction of sp³-hybridized carbons (Fsp3) is 1.00. The predicted octanol–water partition coefficient (Wildman–Crippen LogP) is 0.0676. The molecule has 1 unspecified atom stereocenters. The Morgan fingerprint density at radius 1 is 1.47 bits per heavy atom. The van der Waals surface area contributed by atoms with Gasteiger partial charge < -0.3 is 20.1 Å². The molecule has 0 spiro atoms. The lowest BCUT2D eigenvalue weighted by Crippen LogP contribution is -2.40. The maximum atomic E-state index is 9.03. The van der Waals surface area contributed by atoms with Crippen LogP contribution in [-0.4, -0.2) is 62.6 Å². The van der Waals surface area contributed by atoms with Crippen molar-refractivity contribution in [2.24, 2.45) is 0 Å². The Kier molecular flexibility index (Phi) is 6.17. The van der Waals surface area contributed by atoms with Crippen LogP contribution in [0.15, 0.2) is 0 Å². The van der Waals surface area contributed by atoms with Gasteiger partial charge in [-0.3, -0.25) is 0 Å². The predicted molar refractivity (Wildman–Crippen MR) is 61.0 cm³/mol. The van der Waals surface area contributed by atoms with Gasteiger partial charge in [0.1, 0.15) is 0 Å². The molecule has 2 N–H and O–H groups in total. The summed E-state index contributed by atoms with van der Waals surface area (Å²) in [5, 5.41) is 12.1. The van der Waals surface area contributed by atoms with E-state index in [1.54, 1.807) is 7.11 Å². The van der Waals surface area contributed by atoms with E-state index in [1.165, 1.54) is 0 Å². The second kappa shape index (κ2) is 7.17. The highest BCUT2D eigenvalue weighted by molar-refractivity contribution is 4.74. The molecule has 1 rings (SSSR count). The summed E-state index contributed by atoms with van der Waals surface area (Å²) >= 11 is 0. The Morgan fingerprint density at radius 2 is 2.13 bits per heavy atom. The summed E-state index contributed by atoms with van der Waals surface area (Å²) in [6.45, 7) is 3.55. The number of likely N-dealkylation sites (tertiary alicyclic amines) is 1. The van der Waals surface area contributed by atoms with E-state index in [0.717, 1.165) is 38.9 Å².